The Kier molecular flexibility index (Phi) is 6.86. The molecule has 0 aliphatic carbocycles. The SMILES string of the molecule is COCCN(CCc1csc2nc(-c3ccc(C)cc3)cn12)C(=O)CC(C)C. The smallest absolute Gasteiger partial charge is 0.222 e. The molecule has 3 aromatic rings. The van der Waals surface area contributed by atoms with E-state index in [9.17, 15) is 4.79 Å². The van der Waals surface area contributed by atoms with Gasteiger partial charge in [-0.25, -0.2) is 4.98 Å². The van der Waals surface area contributed by atoms with Crippen molar-refractivity contribution in [2.24, 2.45) is 5.92 Å². The lowest BCUT2D eigenvalue weighted by molar-refractivity contribution is -0.132. The topological polar surface area (TPSA) is 46.8 Å². The minimum atomic E-state index is 0.199. The summed E-state index contributed by atoms with van der Waals surface area (Å²) in [4.78, 5) is 20.2. The van der Waals surface area contributed by atoms with Crippen molar-refractivity contribution in [3.05, 3.63) is 47.1 Å². The third-order valence-electron chi connectivity index (χ3n) is 4.77. The fourth-order valence-electron chi connectivity index (χ4n) is 3.16. The second-order valence-electron chi connectivity index (χ2n) is 7.59. The largest absolute Gasteiger partial charge is 0.383 e. The van der Waals surface area contributed by atoms with Crippen molar-refractivity contribution in [3.8, 4) is 11.3 Å². The molecule has 28 heavy (non-hydrogen) atoms. The Balaban J connectivity index is 1.73. The summed E-state index contributed by atoms with van der Waals surface area (Å²) in [7, 11) is 1.67. The highest BCUT2D eigenvalue weighted by atomic mass is 32.1. The molecule has 0 aliphatic heterocycles. The first-order valence-electron chi connectivity index (χ1n) is 9.77. The van der Waals surface area contributed by atoms with Gasteiger partial charge in [-0.3, -0.25) is 9.20 Å². The summed E-state index contributed by atoms with van der Waals surface area (Å²) in [6.45, 7) is 8.13. The average molecular weight is 400 g/mol. The van der Waals surface area contributed by atoms with Crippen LogP contribution in [-0.4, -0.2) is 47.0 Å². The molecule has 0 saturated carbocycles. The molecule has 6 heteroatoms. The van der Waals surface area contributed by atoms with E-state index in [-0.39, 0.29) is 5.91 Å². The normalized spacial score (nSPS) is 11.5. The van der Waals surface area contributed by atoms with Crippen LogP contribution in [0.2, 0.25) is 0 Å². The van der Waals surface area contributed by atoms with E-state index in [1.54, 1.807) is 18.4 Å². The summed E-state index contributed by atoms with van der Waals surface area (Å²) in [5.74, 6) is 0.556. The maximum absolute atomic E-state index is 12.6. The number of methoxy groups -OCH3 is 1. The van der Waals surface area contributed by atoms with Crippen molar-refractivity contribution in [3.63, 3.8) is 0 Å². The summed E-state index contributed by atoms with van der Waals surface area (Å²) in [6.07, 6.45) is 3.48. The third kappa shape index (κ3) is 5.00. The zero-order valence-electron chi connectivity index (χ0n) is 17.1. The van der Waals surface area contributed by atoms with E-state index in [0.29, 0.717) is 32.0 Å². The first-order chi connectivity index (χ1) is 13.5. The number of nitrogens with zero attached hydrogens (tertiary/aromatic N) is 3. The molecule has 2 heterocycles. The van der Waals surface area contributed by atoms with Crippen LogP contribution in [0.4, 0.5) is 0 Å². The lowest BCUT2D eigenvalue weighted by atomic mass is 10.1. The molecule has 0 aliphatic rings. The van der Waals surface area contributed by atoms with Crippen molar-refractivity contribution in [2.45, 2.75) is 33.6 Å². The molecule has 0 N–H and O–H groups in total. The van der Waals surface area contributed by atoms with E-state index in [0.717, 1.165) is 22.6 Å². The van der Waals surface area contributed by atoms with Crippen LogP contribution < -0.4 is 0 Å². The zero-order chi connectivity index (χ0) is 20.1. The quantitative estimate of drug-likeness (QED) is 0.535. The molecule has 5 nitrogen and oxygen atoms in total. The molecule has 1 aromatic carbocycles. The van der Waals surface area contributed by atoms with Crippen molar-refractivity contribution >= 4 is 22.2 Å². The van der Waals surface area contributed by atoms with E-state index in [1.165, 1.54) is 11.3 Å². The Hall–Kier alpha value is -2.18. The second kappa shape index (κ2) is 9.34. The van der Waals surface area contributed by atoms with Crippen molar-refractivity contribution < 1.29 is 9.53 Å². The van der Waals surface area contributed by atoms with Crippen molar-refractivity contribution in [1.82, 2.24) is 14.3 Å². The van der Waals surface area contributed by atoms with Gasteiger partial charge in [-0.2, -0.15) is 0 Å². The summed E-state index contributed by atoms with van der Waals surface area (Å²) in [6, 6.07) is 8.44. The van der Waals surface area contributed by atoms with E-state index >= 15 is 0 Å². The number of benzene rings is 1. The molecular formula is C22H29N3O2S. The number of aryl methyl sites for hydroxylation is 1. The highest BCUT2D eigenvalue weighted by Gasteiger charge is 2.16. The minimum Gasteiger partial charge on any atom is -0.383 e. The van der Waals surface area contributed by atoms with Gasteiger partial charge in [0.1, 0.15) is 0 Å². The number of fused-ring (bicyclic) bond motifs is 1. The van der Waals surface area contributed by atoms with E-state index < -0.39 is 0 Å². The average Bonchev–Trinajstić information content (AvgIpc) is 3.23. The van der Waals surface area contributed by atoms with Gasteiger partial charge in [0.2, 0.25) is 5.91 Å². The molecular weight excluding hydrogens is 370 g/mol. The number of carbonyl (C=O) groups excluding carboxylic acids is 1. The first kappa shape index (κ1) is 20.6. The fraction of sp³-hybridized carbons (Fsp3) is 0.455. The van der Waals surface area contributed by atoms with Crippen LogP contribution in [0.1, 0.15) is 31.5 Å². The van der Waals surface area contributed by atoms with Crippen LogP contribution >= 0.6 is 11.3 Å². The standard InChI is InChI=1S/C22H29N3O2S/c1-16(2)13-21(26)24(11-12-27-4)10-9-19-15-28-22-23-20(14-25(19)22)18-7-5-17(3)6-8-18/h5-8,14-16H,9-13H2,1-4H3. The molecule has 0 atom stereocenters. The number of hydrogen-bond acceptors (Lipinski definition) is 4. The Morgan fingerprint density at radius 3 is 2.68 bits per heavy atom. The van der Waals surface area contributed by atoms with E-state index in [2.05, 4.69) is 61.0 Å². The van der Waals surface area contributed by atoms with E-state index in [4.69, 9.17) is 9.72 Å². The Morgan fingerprint density at radius 2 is 2.00 bits per heavy atom. The first-order valence-corrected chi connectivity index (χ1v) is 10.6. The maximum atomic E-state index is 12.6. The molecule has 150 valence electrons. The van der Waals surface area contributed by atoms with Gasteiger partial charge in [-0.1, -0.05) is 43.7 Å². The monoisotopic (exact) mass is 399 g/mol. The Bertz CT molecular complexity index is 912. The van der Waals surface area contributed by atoms with Crippen LogP contribution in [0.25, 0.3) is 16.2 Å². The molecule has 3 rings (SSSR count). The lowest BCUT2D eigenvalue weighted by Crippen LogP contribution is -2.36. The molecule has 0 spiro atoms. The van der Waals surface area contributed by atoms with Gasteiger partial charge in [0.25, 0.3) is 0 Å². The number of rotatable bonds is 9. The summed E-state index contributed by atoms with van der Waals surface area (Å²) in [5, 5.41) is 2.14. The van der Waals surface area contributed by atoms with Gasteiger partial charge in [-0.15, -0.1) is 11.3 Å². The van der Waals surface area contributed by atoms with Crippen molar-refractivity contribution in [1.29, 1.82) is 0 Å². The van der Waals surface area contributed by atoms with Gasteiger partial charge in [0.05, 0.1) is 12.3 Å². The number of imidazole rings is 1. The summed E-state index contributed by atoms with van der Waals surface area (Å²) >= 11 is 1.64. The van der Waals surface area contributed by atoms with Gasteiger partial charge in [-0.05, 0) is 12.8 Å². The molecule has 0 fully saturated rings. The van der Waals surface area contributed by atoms with Crippen molar-refractivity contribution in [2.75, 3.05) is 26.8 Å². The van der Waals surface area contributed by atoms with Crippen LogP contribution in [0, 0.1) is 12.8 Å². The minimum absolute atomic E-state index is 0.199. The van der Waals surface area contributed by atoms with Gasteiger partial charge in [0.15, 0.2) is 4.96 Å². The lowest BCUT2D eigenvalue weighted by Gasteiger charge is -2.23. The van der Waals surface area contributed by atoms with Gasteiger partial charge >= 0.3 is 0 Å². The van der Waals surface area contributed by atoms with E-state index in [1.807, 2.05) is 4.90 Å². The van der Waals surface area contributed by atoms with Gasteiger partial charge < -0.3 is 9.64 Å². The Morgan fingerprint density at radius 1 is 1.25 bits per heavy atom. The molecule has 0 radical (unpaired) electrons. The Labute approximate surface area is 171 Å². The van der Waals surface area contributed by atoms with Crippen LogP contribution in [0.5, 0.6) is 0 Å². The predicted octanol–water partition coefficient (Wildman–Crippen LogP) is 4.43. The molecule has 0 unspecified atom stereocenters. The summed E-state index contributed by atoms with van der Waals surface area (Å²) in [5.41, 5.74) is 4.54. The molecule has 0 saturated heterocycles. The number of ether oxygens (including phenoxy) is 1. The molecule has 1 amide bonds. The number of hydrogen-bond donors (Lipinski definition) is 0. The highest BCUT2D eigenvalue weighted by molar-refractivity contribution is 7.15. The predicted molar refractivity (Wildman–Crippen MR) is 115 cm³/mol. The number of thiazole rings is 1. The summed E-state index contributed by atoms with van der Waals surface area (Å²) < 4.78 is 7.34. The number of aromatic nitrogens is 2. The van der Waals surface area contributed by atoms with Crippen LogP contribution in [0.3, 0.4) is 0 Å². The third-order valence-corrected chi connectivity index (χ3v) is 5.66. The van der Waals surface area contributed by atoms with Gasteiger partial charge in [0, 0.05) is 55.9 Å². The fourth-order valence-corrected chi connectivity index (χ4v) is 4.07. The second-order valence-corrected chi connectivity index (χ2v) is 8.43. The molecule has 2 aromatic heterocycles. The highest BCUT2D eigenvalue weighted by Crippen LogP contribution is 2.24. The number of amides is 1. The number of carbonyl (C=O) groups is 1. The van der Waals surface area contributed by atoms with Crippen LogP contribution in [0.15, 0.2) is 35.8 Å². The molecule has 0 bridgehead atoms. The van der Waals surface area contributed by atoms with Crippen LogP contribution in [-0.2, 0) is 16.0 Å². The maximum Gasteiger partial charge on any atom is 0.222 e. The zero-order valence-corrected chi connectivity index (χ0v) is 18.0.